The second-order valence-corrected chi connectivity index (χ2v) is 8.60. The molecular weight excluding hydrogens is 468 g/mol. The highest BCUT2D eigenvalue weighted by Crippen LogP contribution is 2.35. The van der Waals surface area contributed by atoms with Crippen LogP contribution in [-0.4, -0.2) is 19.5 Å². The Labute approximate surface area is 212 Å². The summed E-state index contributed by atoms with van der Waals surface area (Å²) in [5.41, 5.74) is 5.01. The molecule has 5 rings (SSSR count). The molecule has 182 valence electrons. The number of nitro benzene ring substituents is 1. The molecule has 0 fully saturated rings. The van der Waals surface area contributed by atoms with Crippen molar-refractivity contribution in [2.24, 2.45) is 0 Å². The van der Waals surface area contributed by atoms with Gasteiger partial charge in [-0.2, -0.15) is 10.2 Å². The molecular formula is C28H22N6O3. The van der Waals surface area contributed by atoms with Gasteiger partial charge in [-0.1, -0.05) is 30.3 Å². The zero-order valence-corrected chi connectivity index (χ0v) is 20.2. The highest BCUT2D eigenvalue weighted by Gasteiger charge is 2.19. The summed E-state index contributed by atoms with van der Waals surface area (Å²) < 4.78 is 8.38. The van der Waals surface area contributed by atoms with Gasteiger partial charge in [-0.05, 0) is 60.9 Å². The van der Waals surface area contributed by atoms with Crippen molar-refractivity contribution in [3.8, 4) is 17.7 Å². The van der Waals surface area contributed by atoms with Gasteiger partial charge in [0, 0.05) is 30.6 Å². The van der Waals surface area contributed by atoms with Crippen LogP contribution in [0.25, 0.3) is 11.0 Å². The molecule has 5 aromatic rings. The number of anilines is 2. The number of ether oxygens (including phenoxy) is 1. The Morgan fingerprint density at radius 2 is 1.73 bits per heavy atom. The summed E-state index contributed by atoms with van der Waals surface area (Å²) in [6, 6.07) is 23.9. The normalized spacial score (nSPS) is 10.7. The lowest BCUT2D eigenvalue weighted by Crippen LogP contribution is -2.05. The first-order valence-electron chi connectivity index (χ1n) is 11.5. The molecule has 2 aromatic heterocycles. The number of nitro groups is 1. The average molecular weight is 491 g/mol. The predicted molar refractivity (Wildman–Crippen MR) is 140 cm³/mol. The summed E-state index contributed by atoms with van der Waals surface area (Å²) in [4.78, 5) is 20.3. The van der Waals surface area contributed by atoms with Crippen LogP contribution in [0.1, 0.15) is 22.3 Å². The van der Waals surface area contributed by atoms with Crippen molar-refractivity contribution >= 4 is 28.4 Å². The fourth-order valence-electron chi connectivity index (χ4n) is 4.16. The van der Waals surface area contributed by atoms with Crippen molar-refractivity contribution in [3.63, 3.8) is 0 Å². The minimum atomic E-state index is -0.419. The van der Waals surface area contributed by atoms with E-state index in [0.717, 1.165) is 11.3 Å². The molecule has 0 atom stereocenters. The molecule has 37 heavy (non-hydrogen) atoms. The highest BCUT2D eigenvalue weighted by atomic mass is 16.6. The van der Waals surface area contributed by atoms with E-state index in [-0.39, 0.29) is 5.69 Å². The second kappa shape index (κ2) is 9.79. The van der Waals surface area contributed by atoms with E-state index in [9.17, 15) is 10.1 Å². The minimum absolute atomic E-state index is 0.00538. The summed E-state index contributed by atoms with van der Waals surface area (Å²) in [7, 11) is 0. The molecule has 1 N–H and O–H groups in total. The molecule has 0 spiro atoms. The molecule has 3 aromatic carbocycles. The molecule has 0 aliphatic rings. The van der Waals surface area contributed by atoms with Gasteiger partial charge in [0.2, 0.25) is 11.8 Å². The third-order valence-electron chi connectivity index (χ3n) is 5.90. The van der Waals surface area contributed by atoms with Crippen LogP contribution in [0.5, 0.6) is 11.6 Å². The van der Waals surface area contributed by atoms with Crippen molar-refractivity contribution in [2.45, 2.75) is 20.4 Å². The number of aromatic nitrogens is 3. The van der Waals surface area contributed by atoms with Gasteiger partial charge in [-0.25, -0.2) is 4.98 Å². The quantitative estimate of drug-likeness (QED) is 0.207. The van der Waals surface area contributed by atoms with E-state index in [2.05, 4.69) is 21.4 Å². The zero-order chi connectivity index (χ0) is 25.9. The Balaban J connectivity index is 1.60. The van der Waals surface area contributed by atoms with Crippen LogP contribution >= 0.6 is 0 Å². The van der Waals surface area contributed by atoms with E-state index in [1.165, 1.54) is 12.1 Å². The number of aryl methyl sites for hydroxylation is 2. The fourth-order valence-corrected chi connectivity index (χ4v) is 4.16. The standard InChI is InChI=1S/C28H22N6O3/c1-18-14-23(34(35)36)15-19(2)26(18)37-27-25-24(12-13-33(25)17-21-6-4-3-5-7-21)31-28(32-27)30-22-10-8-20(16-29)9-11-22/h3-15H,17H2,1-2H3,(H,30,31,32). The Hall–Kier alpha value is -5.23. The first-order chi connectivity index (χ1) is 17.9. The number of fused-ring (bicyclic) bond motifs is 1. The SMILES string of the molecule is Cc1cc([N+](=O)[O-])cc(C)c1Oc1nc(Nc2ccc(C#N)cc2)nc2ccn(Cc3ccccc3)c12. The van der Waals surface area contributed by atoms with Crippen molar-refractivity contribution < 1.29 is 9.66 Å². The van der Waals surface area contributed by atoms with E-state index in [0.29, 0.717) is 51.8 Å². The number of hydrogen-bond donors (Lipinski definition) is 1. The third kappa shape index (κ3) is 4.94. The maximum absolute atomic E-state index is 11.3. The number of rotatable bonds is 7. The Kier molecular flexibility index (Phi) is 6.22. The van der Waals surface area contributed by atoms with Gasteiger partial charge in [0.05, 0.1) is 22.1 Å². The molecule has 0 bridgehead atoms. The van der Waals surface area contributed by atoms with Gasteiger partial charge >= 0.3 is 0 Å². The number of benzene rings is 3. The monoisotopic (exact) mass is 490 g/mol. The lowest BCUT2D eigenvalue weighted by atomic mass is 10.1. The Morgan fingerprint density at radius 3 is 2.38 bits per heavy atom. The largest absolute Gasteiger partial charge is 0.436 e. The summed E-state index contributed by atoms with van der Waals surface area (Å²) in [6.07, 6.45) is 1.93. The second-order valence-electron chi connectivity index (χ2n) is 8.60. The highest BCUT2D eigenvalue weighted by molar-refractivity contribution is 5.83. The van der Waals surface area contributed by atoms with Crippen LogP contribution in [0.2, 0.25) is 0 Å². The van der Waals surface area contributed by atoms with E-state index in [1.807, 2.05) is 47.2 Å². The molecule has 0 saturated carbocycles. The van der Waals surface area contributed by atoms with Gasteiger partial charge in [0.15, 0.2) is 0 Å². The molecule has 0 saturated heterocycles. The van der Waals surface area contributed by atoms with E-state index in [4.69, 9.17) is 10.00 Å². The average Bonchev–Trinajstić information content (AvgIpc) is 3.29. The van der Waals surface area contributed by atoms with E-state index < -0.39 is 4.92 Å². The van der Waals surface area contributed by atoms with Gasteiger partial charge in [-0.3, -0.25) is 10.1 Å². The van der Waals surface area contributed by atoms with Crippen LogP contribution in [0.3, 0.4) is 0 Å². The summed E-state index contributed by atoms with van der Waals surface area (Å²) in [5.74, 6) is 1.14. The lowest BCUT2D eigenvalue weighted by Gasteiger charge is -2.15. The number of nitriles is 1. The van der Waals surface area contributed by atoms with Crippen molar-refractivity contribution in [1.29, 1.82) is 5.26 Å². The van der Waals surface area contributed by atoms with Gasteiger partial charge < -0.3 is 14.6 Å². The van der Waals surface area contributed by atoms with Crippen LogP contribution in [0, 0.1) is 35.3 Å². The van der Waals surface area contributed by atoms with Gasteiger partial charge in [-0.15, -0.1) is 0 Å². The predicted octanol–water partition coefficient (Wildman–Crippen LogP) is 6.41. The first kappa shape index (κ1) is 23.5. The van der Waals surface area contributed by atoms with E-state index >= 15 is 0 Å². The zero-order valence-electron chi connectivity index (χ0n) is 20.2. The number of hydrogen-bond acceptors (Lipinski definition) is 7. The van der Waals surface area contributed by atoms with Crippen LogP contribution in [0.4, 0.5) is 17.3 Å². The maximum Gasteiger partial charge on any atom is 0.270 e. The number of nitrogens with one attached hydrogen (secondary N) is 1. The van der Waals surface area contributed by atoms with Crippen LogP contribution < -0.4 is 10.1 Å². The fraction of sp³-hybridized carbons (Fsp3) is 0.107. The lowest BCUT2D eigenvalue weighted by molar-refractivity contribution is -0.385. The molecule has 0 unspecified atom stereocenters. The Morgan fingerprint density at radius 1 is 1.03 bits per heavy atom. The van der Waals surface area contributed by atoms with Crippen molar-refractivity contribution in [2.75, 3.05) is 5.32 Å². The van der Waals surface area contributed by atoms with Gasteiger partial charge in [0.25, 0.3) is 5.69 Å². The summed E-state index contributed by atoms with van der Waals surface area (Å²) in [5, 5.41) is 23.5. The Bertz CT molecular complexity index is 1630. The molecule has 2 heterocycles. The van der Waals surface area contributed by atoms with Crippen LogP contribution in [0.15, 0.2) is 79.0 Å². The van der Waals surface area contributed by atoms with E-state index in [1.54, 1.807) is 38.1 Å². The molecule has 0 radical (unpaired) electrons. The summed E-state index contributed by atoms with van der Waals surface area (Å²) >= 11 is 0. The van der Waals surface area contributed by atoms with Crippen molar-refractivity contribution in [1.82, 2.24) is 14.5 Å². The van der Waals surface area contributed by atoms with Gasteiger partial charge in [0.1, 0.15) is 11.3 Å². The minimum Gasteiger partial charge on any atom is -0.436 e. The first-order valence-corrected chi connectivity index (χ1v) is 11.5. The number of nitrogens with zero attached hydrogens (tertiary/aromatic N) is 5. The molecule has 0 aliphatic heterocycles. The molecule has 0 amide bonds. The maximum atomic E-state index is 11.3. The topological polar surface area (TPSA) is 119 Å². The van der Waals surface area contributed by atoms with Crippen LogP contribution in [-0.2, 0) is 6.54 Å². The molecule has 0 aliphatic carbocycles. The number of non-ortho nitro benzene ring substituents is 1. The third-order valence-corrected chi connectivity index (χ3v) is 5.90. The molecule has 9 heteroatoms. The smallest absolute Gasteiger partial charge is 0.270 e. The van der Waals surface area contributed by atoms with Crippen molar-refractivity contribution in [3.05, 3.63) is 111 Å². The summed E-state index contributed by atoms with van der Waals surface area (Å²) in [6.45, 7) is 4.13. The molecule has 9 nitrogen and oxygen atoms in total.